The number of aromatic nitrogens is 2. The maximum atomic E-state index is 5.34. The van der Waals surface area contributed by atoms with Gasteiger partial charge in [-0.2, -0.15) is 0 Å². The van der Waals surface area contributed by atoms with E-state index >= 15 is 0 Å². The predicted octanol–water partition coefficient (Wildman–Crippen LogP) is 1.28. The van der Waals surface area contributed by atoms with Gasteiger partial charge in [0.15, 0.2) is 0 Å². The summed E-state index contributed by atoms with van der Waals surface area (Å²) in [5.41, 5.74) is 1.06. The average molecular weight is 222 g/mol. The van der Waals surface area contributed by atoms with Crippen LogP contribution >= 0.6 is 0 Å². The van der Waals surface area contributed by atoms with Crippen molar-refractivity contribution in [3.8, 4) is 0 Å². The summed E-state index contributed by atoms with van der Waals surface area (Å²) in [5.74, 6) is 2.39. The van der Waals surface area contributed by atoms with Gasteiger partial charge >= 0.3 is 0 Å². The third-order valence-corrected chi connectivity index (χ3v) is 2.90. The number of anilines is 2. The Kier molecular flexibility index (Phi) is 3.56. The van der Waals surface area contributed by atoms with Gasteiger partial charge in [-0.25, -0.2) is 9.97 Å². The molecule has 5 heteroatoms. The summed E-state index contributed by atoms with van der Waals surface area (Å²) >= 11 is 0. The number of hydrogen-bond donors (Lipinski definition) is 2. The van der Waals surface area contributed by atoms with E-state index in [0.717, 1.165) is 43.4 Å². The largest absolute Gasteiger partial charge is 0.381 e. The van der Waals surface area contributed by atoms with Crippen LogP contribution in [0.15, 0.2) is 6.33 Å². The lowest BCUT2D eigenvalue weighted by molar-refractivity contribution is 0.187. The van der Waals surface area contributed by atoms with Crippen LogP contribution in [0, 0.1) is 12.8 Å². The molecule has 2 heterocycles. The topological polar surface area (TPSA) is 59.1 Å². The quantitative estimate of drug-likeness (QED) is 0.803. The molecule has 1 aliphatic rings. The number of nitrogens with one attached hydrogen (secondary N) is 2. The van der Waals surface area contributed by atoms with E-state index in [-0.39, 0.29) is 0 Å². The lowest BCUT2D eigenvalue weighted by Crippen LogP contribution is -2.16. The Labute approximate surface area is 95.6 Å². The van der Waals surface area contributed by atoms with Crippen LogP contribution < -0.4 is 10.6 Å². The molecule has 0 spiro atoms. The van der Waals surface area contributed by atoms with Crippen LogP contribution in [0.1, 0.15) is 12.0 Å². The monoisotopic (exact) mass is 222 g/mol. The van der Waals surface area contributed by atoms with E-state index in [0.29, 0.717) is 5.92 Å². The molecule has 0 radical (unpaired) electrons. The van der Waals surface area contributed by atoms with Crippen molar-refractivity contribution in [1.29, 1.82) is 0 Å². The second-order valence-corrected chi connectivity index (χ2v) is 4.06. The molecule has 2 N–H and O–H groups in total. The Balaban J connectivity index is 1.97. The molecule has 1 fully saturated rings. The summed E-state index contributed by atoms with van der Waals surface area (Å²) in [6.45, 7) is 4.67. The van der Waals surface area contributed by atoms with Crippen LogP contribution in [0.25, 0.3) is 0 Å². The summed E-state index contributed by atoms with van der Waals surface area (Å²) < 4.78 is 5.34. The SMILES string of the molecule is CNc1ncnc(NCC2CCOC2)c1C. The van der Waals surface area contributed by atoms with Crippen LogP contribution in [0.4, 0.5) is 11.6 Å². The first-order valence-corrected chi connectivity index (χ1v) is 5.62. The first kappa shape index (κ1) is 11.1. The average Bonchev–Trinajstić information content (AvgIpc) is 2.81. The highest BCUT2D eigenvalue weighted by atomic mass is 16.5. The molecule has 0 aliphatic carbocycles. The van der Waals surface area contributed by atoms with E-state index in [2.05, 4.69) is 20.6 Å². The van der Waals surface area contributed by atoms with Gasteiger partial charge in [0.05, 0.1) is 6.61 Å². The Hall–Kier alpha value is -1.36. The van der Waals surface area contributed by atoms with Crippen LogP contribution in [0.2, 0.25) is 0 Å². The number of rotatable bonds is 4. The van der Waals surface area contributed by atoms with Crippen molar-refractivity contribution in [2.45, 2.75) is 13.3 Å². The highest BCUT2D eigenvalue weighted by Gasteiger charge is 2.16. The van der Waals surface area contributed by atoms with Gasteiger partial charge in [-0.3, -0.25) is 0 Å². The van der Waals surface area contributed by atoms with Crippen LogP contribution in [-0.4, -0.2) is 36.8 Å². The van der Waals surface area contributed by atoms with Crippen molar-refractivity contribution >= 4 is 11.6 Å². The van der Waals surface area contributed by atoms with Crippen molar-refractivity contribution in [3.63, 3.8) is 0 Å². The van der Waals surface area contributed by atoms with Crippen molar-refractivity contribution in [1.82, 2.24) is 9.97 Å². The van der Waals surface area contributed by atoms with Crippen LogP contribution in [0.5, 0.6) is 0 Å². The second kappa shape index (κ2) is 5.12. The fourth-order valence-electron chi connectivity index (χ4n) is 1.87. The zero-order valence-corrected chi connectivity index (χ0v) is 9.79. The van der Waals surface area contributed by atoms with Gasteiger partial charge in [-0.1, -0.05) is 0 Å². The highest BCUT2D eigenvalue weighted by molar-refractivity contribution is 5.56. The standard InChI is InChI=1S/C11H18N4O/c1-8-10(12-2)14-7-15-11(8)13-5-9-3-4-16-6-9/h7,9H,3-6H2,1-2H3,(H2,12,13,14,15). The first-order chi connectivity index (χ1) is 7.81. The normalized spacial score (nSPS) is 19.8. The minimum Gasteiger partial charge on any atom is -0.381 e. The van der Waals surface area contributed by atoms with Gasteiger partial charge in [0.25, 0.3) is 0 Å². The van der Waals surface area contributed by atoms with Gasteiger partial charge < -0.3 is 15.4 Å². The molecule has 1 aromatic rings. The summed E-state index contributed by atoms with van der Waals surface area (Å²) in [7, 11) is 1.87. The summed E-state index contributed by atoms with van der Waals surface area (Å²) in [5, 5.41) is 6.41. The lowest BCUT2D eigenvalue weighted by atomic mass is 10.1. The first-order valence-electron chi connectivity index (χ1n) is 5.62. The molecule has 1 saturated heterocycles. The number of ether oxygens (including phenoxy) is 1. The molecule has 0 amide bonds. The molecule has 16 heavy (non-hydrogen) atoms. The number of nitrogens with zero attached hydrogens (tertiary/aromatic N) is 2. The lowest BCUT2D eigenvalue weighted by Gasteiger charge is -2.13. The van der Waals surface area contributed by atoms with Crippen molar-refractivity contribution in [2.75, 3.05) is 37.4 Å². The van der Waals surface area contributed by atoms with Gasteiger partial charge in [0, 0.05) is 31.7 Å². The third-order valence-electron chi connectivity index (χ3n) is 2.90. The number of hydrogen-bond acceptors (Lipinski definition) is 5. The highest BCUT2D eigenvalue weighted by Crippen LogP contribution is 2.19. The van der Waals surface area contributed by atoms with Crippen LogP contribution in [-0.2, 0) is 4.74 Å². The minimum atomic E-state index is 0.604. The Morgan fingerprint density at radius 2 is 2.25 bits per heavy atom. The maximum absolute atomic E-state index is 5.34. The van der Waals surface area contributed by atoms with E-state index in [1.807, 2.05) is 14.0 Å². The Morgan fingerprint density at radius 3 is 2.94 bits per heavy atom. The van der Waals surface area contributed by atoms with Crippen molar-refractivity contribution < 1.29 is 4.74 Å². The molecule has 1 aliphatic heterocycles. The Bertz CT molecular complexity index is 350. The zero-order valence-electron chi connectivity index (χ0n) is 9.79. The van der Waals surface area contributed by atoms with Crippen molar-refractivity contribution in [2.24, 2.45) is 5.92 Å². The van der Waals surface area contributed by atoms with Gasteiger partial charge in [0.1, 0.15) is 18.0 Å². The zero-order chi connectivity index (χ0) is 11.4. The molecular formula is C11H18N4O. The molecule has 88 valence electrons. The van der Waals surface area contributed by atoms with Crippen molar-refractivity contribution in [3.05, 3.63) is 11.9 Å². The summed E-state index contributed by atoms with van der Waals surface area (Å²) in [6.07, 6.45) is 2.71. The smallest absolute Gasteiger partial charge is 0.134 e. The van der Waals surface area contributed by atoms with Gasteiger partial charge in [-0.05, 0) is 13.3 Å². The van der Waals surface area contributed by atoms with E-state index in [1.54, 1.807) is 6.33 Å². The fraction of sp³-hybridized carbons (Fsp3) is 0.636. The van der Waals surface area contributed by atoms with E-state index in [1.165, 1.54) is 0 Å². The molecule has 1 aromatic heterocycles. The molecular weight excluding hydrogens is 204 g/mol. The molecule has 1 atom stereocenters. The second-order valence-electron chi connectivity index (χ2n) is 4.06. The molecule has 0 saturated carbocycles. The molecule has 1 unspecified atom stereocenters. The van der Waals surface area contributed by atoms with Gasteiger partial charge in [0.2, 0.25) is 0 Å². The molecule has 2 rings (SSSR count). The summed E-state index contributed by atoms with van der Waals surface area (Å²) in [6, 6.07) is 0. The minimum absolute atomic E-state index is 0.604. The fourth-order valence-corrected chi connectivity index (χ4v) is 1.87. The maximum Gasteiger partial charge on any atom is 0.134 e. The van der Waals surface area contributed by atoms with Gasteiger partial charge in [-0.15, -0.1) is 0 Å². The summed E-state index contributed by atoms with van der Waals surface area (Å²) in [4.78, 5) is 8.40. The predicted molar refractivity (Wildman–Crippen MR) is 63.7 cm³/mol. The molecule has 0 aromatic carbocycles. The van der Waals surface area contributed by atoms with Crippen LogP contribution in [0.3, 0.4) is 0 Å². The third kappa shape index (κ3) is 2.41. The molecule has 0 bridgehead atoms. The van der Waals surface area contributed by atoms with E-state index in [9.17, 15) is 0 Å². The van der Waals surface area contributed by atoms with E-state index < -0.39 is 0 Å². The molecule has 5 nitrogen and oxygen atoms in total. The van der Waals surface area contributed by atoms with E-state index in [4.69, 9.17) is 4.74 Å². The Morgan fingerprint density at radius 1 is 1.44 bits per heavy atom.